The van der Waals surface area contributed by atoms with Crippen LogP contribution in [-0.4, -0.2) is 24.8 Å². The first kappa shape index (κ1) is 11.4. The maximum atomic E-state index is 11.3. The van der Waals surface area contributed by atoms with E-state index < -0.39 is 6.04 Å². The van der Waals surface area contributed by atoms with E-state index in [0.717, 1.165) is 17.0 Å². The molecule has 1 amide bonds. The Morgan fingerprint density at radius 2 is 2.24 bits per heavy atom. The summed E-state index contributed by atoms with van der Waals surface area (Å²) < 4.78 is 5.07. The van der Waals surface area contributed by atoms with Gasteiger partial charge in [-0.05, 0) is 29.8 Å². The van der Waals surface area contributed by atoms with Crippen molar-refractivity contribution in [1.29, 1.82) is 0 Å². The summed E-state index contributed by atoms with van der Waals surface area (Å²) in [5.41, 5.74) is 6.65. The predicted octanol–water partition coefficient (Wildman–Crippen LogP) is -0.249. The number of carbonyl (C=O) groups is 1. The minimum atomic E-state index is -0.392. The summed E-state index contributed by atoms with van der Waals surface area (Å²) in [6.45, 7) is 0. The molecule has 0 fully saturated rings. The van der Waals surface area contributed by atoms with Gasteiger partial charge in [0.15, 0.2) is 0 Å². The Labute approximate surface area is 98.8 Å². The molecule has 1 aromatic carbocycles. The summed E-state index contributed by atoms with van der Waals surface area (Å²) in [4.78, 5) is 11.3. The third-order valence-corrected chi connectivity index (χ3v) is 2.63. The highest BCUT2D eigenvalue weighted by molar-refractivity contribution is 6.04. The van der Waals surface area contributed by atoms with E-state index in [1.165, 1.54) is 0 Å². The van der Waals surface area contributed by atoms with Crippen LogP contribution in [0.5, 0.6) is 5.75 Å². The Morgan fingerprint density at radius 1 is 1.53 bits per heavy atom. The molecule has 1 unspecified atom stereocenters. The quantitative estimate of drug-likeness (QED) is 0.382. The molecule has 0 saturated heterocycles. The van der Waals surface area contributed by atoms with Crippen LogP contribution in [0.3, 0.4) is 0 Å². The molecule has 4 N–H and O–H groups in total. The molecule has 90 valence electrons. The van der Waals surface area contributed by atoms with Gasteiger partial charge in [-0.15, -0.1) is 0 Å². The normalized spacial score (nSPS) is 18.2. The average Bonchev–Trinajstić information content (AvgIpc) is 2.87. The van der Waals surface area contributed by atoms with Gasteiger partial charge in [0.2, 0.25) is 0 Å². The van der Waals surface area contributed by atoms with Crippen LogP contribution in [0, 0.1) is 0 Å². The number of methoxy groups -OCH3 is 1. The lowest BCUT2D eigenvalue weighted by Gasteiger charge is -2.06. The fraction of sp³-hybridized carbons (Fsp3) is 0.273. The number of benzene rings is 1. The van der Waals surface area contributed by atoms with Gasteiger partial charge in [0.25, 0.3) is 5.91 Å². The monoisotopic (exact) mass is 234 g/mol. The molecule has 6 nitrogen and oxygen atoms in total. The molecule has 1 aliphatic heterocycles. The lowest BCUT2D eigenvalue weighted by atomic mass is 10.0. The van der Waals surface area contributed by atoms with E-state index in [-0.39, 0.29) is 5.91 Å². The van der Waals surface area contributed by atoms with Gasteiger partial charge in [-0.25, -0.2) is 5.84 Å². The van der Waals surface area contributed by atoms with Gasteiger partial charge in [-0.1, -0.05) is 0 Å². The molecule has 2 rings (SSSR count). The van der Waals surface area contributed by atoms with E-state index in [0.29, 0.717) is 6.42 Å². The fourth-order valence-corrected chi connectivity index (χ4v) is 1.66. The first-order chi connectivity index (χ1) is 8.24. The number of ether oxygens (including phenoxy) is 1. The zero-order valence-corrected chi connectivity index (χ0v) is 9.43. The van der Waals surface area contributed by atoms with Crippen LogP contribution in [0.2, 0.25) is 0 Å². The molecular weight excluding hydrogens is 220 g/mol. The smallest absolute Gasteiger partial charge is 0.258 e. The first-order valence-corrected chi connectivity index (χ1v) is 5.21. The standard InChI is InChI=1S/C11H14N4O2/c1-17-8-4-2-7(3-5-8)9-6-10(15-14-9)11(16)13-12/h2-5,10,15H,6,12H2,1H3,(H,13,16). The van der Waals surface area contributed by atoms with Crippen LogP contribution in [0.4, 0.5) is 0 Å². The van der Waals surface area contributed by atoms with Crippen molar-refractivity contribution < 1.29 is 9.53 Å². The summed E-state index contributed by atoms with van der Waals surface area (Å²) in [5.74, 6) is 5.59. The first-order valence-electron chi connectivity index (χ1n) is 5.21. The van der Waals surface area contributed by atoms with Crippen molar-refractivity contribution in [3.8, 4) is 5.75 Å². The number of hydrazone groups is 1. The Kier molecular flexibility index (Phi) is 3.24. The summed E-state index contributed by atoms with van der Waals surface area (Å²) in [6.07, 6.45) is 0.523. The van der Waals surface area contributed by atoms with Crippen molar-refractivity contribution in [3.05, 3.63) is 29.8 Å². The molecule has 17 heavy (non-hydrogen) atoms. The lowest BCUT2D eigenvalue weighted by molar-refractivity contribution is -0.122. The van der Waals surface area contributed by atoms with Crippen molar-refractivity contribution in [2.75, 3.05) is 7.11 Å². The van der Waals surface area contributed by atoms with Crippen LogP contribution >= 0.6 is 0 Å². The Bertz CT molecular complexity index is 441. The molecule has 0 radical (unpaired) electrons. The number of nitrogens with one attached hydrogen (secondary N) is 2. The van der Waals surface area contributed by atoms with Gasteiger partial charge in [-0.3, -0.25) is 15.6 Å². The van der Waals surface area contributed by atoms with Crippen LogP contribution in [0.1, 0.15) is 12.0 Å². The number of nitrogens with two attached hydrogens (primary N) is 1. The number of nitrogens with zero attached hydrogens (tertiary/aromatic N) is 1. The highest BCUT2D eigenvalue weighted by Gasteiger charge is 2.25. The van der Waals surface area contributed by atoms with Crippen LogP contribution < -0.4 is 21.4 Å². The number of carbonyl (C=O) groups excluding carboxylic acids is 1. The molecular formula is C11H14N4O2. The Balaban J connectivity index is 2.07. The molecule has 0 bridgehead atoms. The Hall–Kier alpha value is -2.08. The number of rotatable bonds is 3. The van der Waals surface area contributed by atoms with Gasteiger partial charge in [0.05, 0.1) is 12.8 Å². The minimum Gasteiger partial charge on any atom is -0.497 e. The number of amides is 1. The van der Waals surface area contributed by atoms with E-state index in [1.54, 1.807) is 7.11 Å². The number of hydrogen-bond donors (Lipinski definition) is 3. The van der Waals surface area contributed by atoms with Crippen molar-refractivity contribution in [1.82, 2.24) is 10.9 Å². The minimum absolute atomic E-state index is 0.266. The molecule has 0 spiro atoms. The fourth-order valence-electron chi connectivity index (χ4n) is 1.66. The van der Waals surface area contributed by atoms with Crippen molar-refractivity contribution >= 4 is 11.6 Å². The van der Waals surface area contributed by atoms with Crippen LogP contribution in [0.15, 0.2) is 29.4 Å². The van der Waals surface area contributed by atoms with Crippen molar-refractivity contribution in [2.24, 2.45) is 10.9 Å². The molecule has 0 aliphatic carbocycles. The van der Waals surface area contributed by atoms with Crippen molar-refractivity contribution in [2.45, 2.75) is 12.5 Å². The van der Waals surface area contributed by atoms with Gasteiger partial charge in [0, 0.05) is 6.42 Å². The van der Waals surface area contributed by atoms with E-state index >= 15 is 0 Å². The third-order valence-electron chi connectivity index (χ3n) is 2.63. The zero-order chi connectivity index (χ0) is 12.3. The molecule has 1 atom stereocenters. The topological polar surface area (TPSA) is 88.7 Å². The summed E-state index contributed by atoms with van der Waals surface area (Å²) >= 11 is 0. The second-order valence-corrected chi connectivity index (χ2v) is 3.68. The van der Waals surface area contributed by atoms with Crippen molar-refractivity contribution in [3.63, 3.8) is 0 Å². The van der Waals surface area contributed by atoms with Crippen LogP contribution in [-0.2, 0) is 4.79 Å². The summed E-state index contributed by atoms with van der Waals surface area (Å²) in [5, 5.41) is 4.12. The van der Waals surface area contributed by atoms with E-state index in [1.807, 2.05) is 24.3 Å². The Morgan fingerprint density at radius 3 is 2.82 bits per heavy atom. The number of hydrazine groups is 1. The van der Waals surface area contributed by atoms with Crippen LogP contribution in [0.25, 0.3) is 0 Å². The van der Waals surface area contributed by atoms with Gasteiger partial charge in [-0.2, -0.15) is 5.10 Å². The molecule has 1 heterocycles. The second-order valence-electron chi connectivity index (χ2n) is 3.68. The van der Waals surface area contributed by atoms with Gasteiger partial charge >= 0.3 is 0 Å². The summed E-state index contributed by atoms with van der Waals surface area (Å²) in [7, 11) is 1.62. The molecule has 0 saturated carbocycles. The van der Waals surface area contributed by atoms with Gasteiger partial charge < -0.3 is 4.74 Å². The predicted molar refractivity (Wildman–Crippen MR) is 63.4 cm³/mol. The SMILES string of the molecule is COc1ccc(C2=NNC(C(=O)NN)C2)cc1. The maximum absolute atomic E-state index is 11.3. The molecule has 6 heteroatoms. The maximum Gasteiger partial charge on any atom is 0.258 e. The zero-order valence-electron chi connectivity index (χ0n) is 9.43. The molecule has 0 aromatic heterocycles. The highest BCUT2D eigenvalue weighted by Crippen LogP contribution is 2.16. The lowest BCUT2D eigenvalue weighted by Crippen LogP contribution is -2.43. The number of hydrogen-bond acceptors (Lipinski definition) is 5. The van der Waals surface area contributed by atoms with E-state index in [4.69, 9.17) is 10.6 Å². The third kappa shape index (κ3) is 2.36. The highest BCUT2D eigenvalue weighted by atomic mass is 16.5. The largest absolute Gasteiger partial charge is 0.497 e. The van der Waals surface area contributed by atoms with E-state index in [9.17, 15) is 4.79 Å². The average molecular weight is 234 g/mol. The molecule has 1 aromatic rings. The summed E-state index contributed by atoms with van der Waals surface area (Å²) in [6, 6.07) is 7.13. The van der Waals surface area contributed by atoms with E-state index in [2.05, 4.69) is 16.0 Å². The molecule has 1 aliphatic rings. The second kappa shape index (κ2) is 4.84. The van der Waals surface area contributed by atoms with Gasteiger partial charge in [0.1, 0.15) is 11.8 Å².